The minimum absolute atomic E-state index is 0.0239. The van der Waals surface area contributed by atoms with E-state index in [9.17, 15) is 13.2 Å². The van der Waals surface area contributed by atoms with Gasteiger partial charge in [0.1, 0.15) is 5.82 Å². The summed E-state index contributed by atoms with van der Waals surface area (Å²) in [4.78, 5) is 14.3. The first-order valence-corrected chi connectivity index (χ1v) is 10.8. The summed E-state index contributed by atoms with van der Waals surface area (Å²) in [5, 5.41) is 11.3. The Morgan fingerprint density at radius 3 is 2.67 bits per heavy atom. The summed E-state index contributed by atoms with van der Waals surface area (Å²) in [6, 6.07) is 11.2. The number of aromatic nitrogens is 2. The molecule has 1 unspecified atom stereocenters. The average molecular weight is 388 g/mol. The minimum atomic E-state index is -3.05. The van der Waals surface area contributed by atoms with Crippen molar-refractivity contribution in [1.29, 1.82) is 0 Å². The van der Waals surface area contributed by atoms with Gasteiger partial charge in [-0.05, 0) is 38.0 Å². The largest absolute Gasteiger partial charge is 0.365 e. The first-order chi connectivity index (χ1) is 12.9. The monoisotopic (exact) mass is 388 g/mol. The van der Waals surface area contributed by atoms with Gasteiger partial charge in [-0.15, -0.1) is 10.2 Å². The van der Waals surface area contributed by atoms with Gasteiger partial charge in [0.25, 0.3) is 5.91 Å². The molecule has 1 N–H and O–H groups in total. The van der Waals surface area contributed by atoms with E-state index in [1.54, 1.807) is 17.0 Å². The summed E-state index contributed by atoms with van der Waals surface area (Å²) in [7, 11) is -3.05. The molecule has 0 saturated carbocycles. The molecule has 8 heteroatoms. The van der Waals surface area contributed by atoms with E-state index in [-0.39, 0.29) is 29.1 Å². The lowest BCUT2D eigenvalue weighted by atomic mass is 10.1. The van der Waals surface area contributed by atoms with Crippen LogP contribution < -0.4 is 5.32 Å². The molecule has 0 radical (unpaired) electrons. The van der Waals surface area contributed by atoms with Crippen molar-refractivity contribution in [3.63, 3.8) is 0 Å². The maximum Gasteiger partial charge on any atom is 0.274 e. The molecule has 1 amide bonds. The van der Waals surface area contributed by atoms with Gasteiger partial charge in [-0.2, -0.15) is 0 Å². The van der Waals surface area contributed by atoms with E-state index >= 15 is 0 Å². The summed E-state index contributed by atoms with van der Waals surface area (Å²) in [6.07, 6.45) is 0.478. The summed E-state index contributed by atoms with van der Waals surface area (Å²) in [5.41, 5.74) is 2.55. The van der Waals surface area contributed by atoms with Crippen molar-refractivity contribution in [2.24, 2.45) is 0 Å². The van der Waals surface area contributed by atoms with Crippen LogP contribution in [0.15, 0.2) is 36.4 Å². The van der Waals surface area contributed by atoms with Crippen molar-refractivity contribution >= 4 is 21.6 Å². The molecule has 2 heterocycles. The topological polar surface area (TPSA) is 92.3 Å². The number of hydrogen-bond acceptors (Lipinski definition) is 6. The molecule has 1 aliphatic rings. The van der Waals surface area contributed by atoms with Crippen molar-refractivity contribution in [3.8, 4) is 0 Å². The van der Waals surface area contributed by atoms with Crippen LogP contribution in [0.25, 0.3) is 0 Å². The molecule has 0 aliphatic carbocycles. The van der Waals surface area contributed by atoms with Gasteiger partial charge in [0.2, 0.25) is 0 Å². The smallest absolute Gasteiger partial charge is 0.274 e. The molecule has 1 aromatic carbocycles. The van der Waals surface area contributed by atoms with Gasteiger partial charge in [-0.3, -0.25) is 4.79 Å². The molecule has 2 aromatic rings. The normalized spacial score (nSPS) is 18.2. The van der Waals surface area contributed by atoms with E-state index < -0.39 is 9.84 Å². The predicted octanol–water partition coefficient (Wildman–Crippen LogP) is 2.05. The van der Waals surface area contributed by atoms with Crippen LogP contribution >= 0.6 is 0 Å². The summed E-state index contributed by atoms with van der Waals surface area (Å²) in [5.74, 6) is 0.460. The van der Waals surface area contributed by atoms with Crippen LogP contribution in [0.5, 0.6) is 0 Å². The number of carbonyl (C=O) groups is 1. The van der Waals surface area contributed by atoms with E-state index in [0.717, 1.165) is 5.56 Å². The van der Waals surface area contributed by atoms with Gasteiger partial charge in [-0.25, -0.2) is 8.42 Å². The molecule has 0 spiro atoms. The highest BCUT2D eigenvalue weighted by molar-refractivity contribution is 7.91. The zero-order chi connectivity index (χ0) is 19.4. The molecule has 1 saturated heterocycles. The Balaban J connectivity index is 1.64. The van der Waals surface area contributed by atoms with Crippen LogP contribution in [0.1, 0.15) is 35.0 Å². The highest BCUT2D eigenvalue weighted by atomic mass is 32.2. The van der Waals surface area contributed by atoms with E-state index in [2.05, 4.69) is 21.6 Å². The fraction of sp³-hybridized carbons (Fsp3) is 0.421. The van der Waals surface area contributed by atoms with Crippen LogP contribution in [0, 0.1) is 6.92 Å². The zero-order valence-corrected chi connectivity index (χ0v) is 16.4. The van der Waals surface area contributed by atoms with Crippen LogP contribution in [-0.4, -0.2) is 53.5 Å². The van der Waals surface area contributed by atoms with Crippen LogP contribution in [0.3, 0.4) is 0 Å². The van der Waals surface area contributed by atoms with E-state index in [1.165, 1.54) is 5.56 Å². The van der Waals surface area contributed by atoms with Crippen molar-refractivity contribution in [3.05, 3.63) is 53.2 Å². The molecule has 1 aliphatic heterocycles. The van der Waals surface area contributed by atoms with Crippen molar-refractivity contribution in [2.75, 3.05) is 23.4 Å². The molecule has 0 bridgehead atoms. The lowest BCUT2D eigenvalue weighted by Gasteiger charge is -2.26. The number of aryl methyl sites for hydroxylation is 1. The molecule has 7 nitrogen and oxygen atoms in total. The first kappa shape index (κ1) is 19.3. The first-order valence-electron chi connectivity index (χ1n) is 9.02. The van der Waals surface area contributed by atoms with Crippen LogP contribution in [0.4, 0.5) is 5.82 Å². The Hall–Kier alpha value is -2.48. The third kappa shape index (κ3) is 4.82. The molecular formula is C19H24N4O3S. The highest BCUT2D eigenvalue weighted by Gasteiger charge is 2.34. The number of anilines is 1. The number of nitrogens with one attached hydrogen (secondary N) is 1. The van der Waals surface area contributed by atoms with Gasteiger partial charge >= 0.3 is 0 Å². The second-order valence-corrected chi connectivity index (χ2v) is 9.02. The lowest BCUT2D eigenvalue weighted by molar-refractivity contribution is 0.0701. The van der Waals surface area contributed by atoms with E-state index in [1.807, 2.05) is 32.0 Å². The lowest BCUT2D eigenvalue weighted by Crippen LogP contribution is -2.41. The second kappa shape index (κ2) is 8.04. The van der Waals surface area contributed by atoms with Crippen molar-refractivity contribution in [1.82, 2.24) is 15.1 Å². The maximum absolute atomic E-state index is 12.7. The van der Waals surface area contributed by atoms with Gasteiger partial charge in [0, 0.05) is 19.1 Å². The Kier molecular flexibility index (Phi) is 5.74. The number of amides is 1. The fourth-order valence-electron chi connectivity index (χ4n) is 3.29. The molecule has 144 valence electrons. The molecule has 1 atom stereocenters. The van der Waals surface area contributed by atoms with E-state index in [0.29, 0.717) is 25.3 Å². The predicted molar refractivity (Wildman–Crippen MR) is 104 cm³/mol. The minimum Gasteiger partial charge on any atom is -0.365 e. The van der Waals surface area contributed by atoms with Gasteiger partial charge < -0.3 is 10.2 Å². The Bertz CT molecular complexity index is 913. The van der Waals surface area contributed by atoms with Crippen molar-refractivity contribution in [2.45, 2.75) is 32.9 Å². The Morgan fingerprint density at radius 1 is 1.26 bits per heavy atom. The Labute approximate surface area is 159 Å². The van der Waals surface area contributed by atoms with Gasteiger partial charge in [0.05, 0.1) is 11.5 Å². The quantitative estimate of drug-likeness (QED) is 0.814. The second-order valence-electron chi connectivity index (χ2n) is 6.79. The van der Waals surface area contributed by atoms with Crippen LogP contribution in [-0.2, 0) is 16.4 Å². The average Bonchev–Trinajstić information content (AvgIpc) is 3.00. The summed E-state index contributed by atoms with van der Waals surface area (Å²) >= 11 is 0. The number of rotatable bonds is 6. The molecule has 3 rings (SSSR count). The fourth-order valence-corrected chi connectivity index (χ4v) is 5.02. The number of sulfone groups is 1. The number of hydrogen-bond donors (Lipinski definition) is 1. The standard InChI is InChI=1S/C19H24N4O3S/c1-3-23(16-9-10-27(25,26)13-16)19(24)17-7-8-18(22-21-17)20-12-15-6-4-5-14(2)11-15/h4-8,11,16H,3,9-10,12-13H2,1-2H3,(H,20,22). The molecule has 27 heavy (non-hydrogen) atoms. The number of nitrogens with zero attached hydrogens (tertiary/aromatic N) is 3. The van der Waals surface area contributed by atoms with E-state index in [4.69, 9.17) is 0 Å². The van der Waals surface area contributed by atoms with Crippen molar-refractivity contribution < 1.29 is 13.2 Å². The Morgan fingerprint density at radius 2 is 2.07 bits per heavy atom. The molecule has 1 fully saturated rings. The zero-order valence-electron chi connectivity index (χ0n) is 15.6. The van der Waals surface area contributed by atoms with Crippen LogP contribution in [0.2, 0.25) is 0 Å². The number of benzene rings is 1. The molecular weight excluding hydrogens is 364 g/mol. The maximum atomic E-state index is 12.7. The summed E-state index contributed by atoms with van der Waals surface area (Å²) in [6.45, 7) is 4.94. The summed E-state index contributed by atoms with van der Waals surface area (Å²) < 4.78 is 23.4. The van der Waals surface area contributed by atoms with Gasteiger partial charge in [-0.1, -0.05) is 29.8 Å². The third-order valence-electron chi connectivity index (χ3n) is 4.69. The van der Waals surface area contributed by atoms with Gasteiger partial charge in [0.15, 0.2) is 15.5 Å². The molecule has 1 aromatic heterocycles. The number of carbonyl (C=O) groups excluding carboxylic acids is 1. The SMILES string of the molecule is CCN(C(=O)c1ccc(NCc2cccc(C)c2)nn1)C1CCS(=O)(=O)C1. The third-order valence-corrected chi connectivity index (χ3v) is 6.44. The highest BCUT2D eigenvalue weighted by Crippen LogP contribution is 2.19.